The molecular formula is C11H12ClNO3. The predicted molar refractivity (Wildman–Crippen MR) is 59.6 cm³/mol. The van der Waals surface area contributed by atoms with E-state index in [9.17, 15) is 9.90 Å². The van der Waals surface area contributed by atoms with Gasteiger partial charge in [-0.25, -0.2) is 4.79 Å². The highest BCUT2D eigenvalue weighted by Crippen LogP contribution is 2.26. The van der Waals surface area contributed by atoms with Crippen molar-refractivity contribution in [3.63, 3.8) is 0 Å². The summed E-state index contributed by atoms with van der Waals surface area (Å²) in [5.74, 6) is -0.950. The number of nitrogens with one attached hydrogen (secondary N) is 1. The van der Waals surface area contributed by atoms with Gasteiger partial charge in [0.1, 0.15) is 0 Å². The Morgan fingerprint density at radius 1 is 1.56 bits per heavy atom. The number of aliphatic carboxylic acids is 1. The molecule has 1 atom stereocenters. The van der Waals surface area contributed by atoms with Crippen LogP contribution in [-0.2, 0) is 15.1 Å². The van der Waals surface area contributed by atoms with E-state index in [1.165, 1.54) is 0 Å². The third-order valence-electron chi connectivity index (χ3n) is 2.67. The zero-order valence-electron chi connectivity index (χ0n) is 8.57. The van der Waals surface area contributed by atoms with Gasteiger partial charge in [-0.1, -0.05) is 23.7 Å². The molecule has 0 spiro atoms. The second kappa shape index (κ2) is 4.41. The molecule has 0 amide bonds. The molecule has 1 aromatic carbocycles. The molecule has 4 nitrogen and oxygen atoms in total. The number of carbonyl (C=O) groups is 1. The van der Waals surface area contributed by atoms with Crippen molar-refractivity contribution in [1.82, 2.24) is 5.32 Å². The molecule has 0 aliphatic carbocycles. The summed E-state index contributed by atoms with van der Waals surface area (Å²) in [6.07, 6.45) is 0. The van der Waals surface area contributed by atoms with Gasteiger partial charge in [0.25, 0.3) is 0 Å². The first-order valence-corrected chi connectivity index (χ1v) is 5.35. The summed E-state index contributed by atoms with van der Waals surface area (Å²) in [7, 11) is 0. The van der Waals surface area contributed by atoms with Crippen molar-refractivity contribution >= 4 is 17.6 Å². The Bertz CT molecular complexity index is 402. The van der Waals surface area contributed by atoms with Gasteiger partial charge in [-0.05, 0) is 17.7 Å². The van der Waals surface area contributed by atoms with Crippen molar-refractivity contribution in [2.75, 3.05) is 19.8 Å². The quantitative estimate of drug-likeness (QED) is 0.818. The Hall–Kier alpha value is -1.10. The Morgan fingerprint density at radius 2 is 2.38 bits per heavy atom. The molecule has 0 aromatic heterocycles. The standard InChI is InChI=1S/C11H12ClNO3/c12-9-3-1-2-8(6-9)11(10(14)15)7-16-5-4-13-11/h1-3,6,13H,4-5,7H2,(H,14,15). The number of ether oxygens (including phenoxy) is 1. The van der Waals surface area contributed by atoms with Crippen LogP contribution in [0.15, 0.2) is 24.3 Å². The molecule has 0 saturated carbocycles. The summed E-state index contributed by atoms with van der Waals surface area (Å²) in [4.78, 5) is 11.4. The minimum atomic E-state index is -1.18. The number of carboxylic acid groups (broad SMARTS) is 1. The van der Waals surface area contributed by atoms with E-state index in [4.69, 9.17) is 16.3 Å². The summed E-state index contributed by atoms with van der Waals surface area (Å²) in [5, 5.41) is 12.9. The van der Waals surface area contributed by atoms with E-state index in [1.807, 2.05) is 0 Å². The SMILES string of the molecule is O=C(O)C1(c2cccc(Cl)c2)COCCN1. The molecule has 1 saturated heterocycles. The first-order chi connectivity index (χ1) is 7.65. The molecule has 1 heterocycles. The maximum atomic E-state index is 11.4. The topological polar surface area (TPSA) is 58.6 Å². The van der Waals surface area contributed by atoms with E-state index in [0.717, 1.165) is 0 Å². The number of hydrogen-bond donors (Lipinski definition) is 2. The third-order valence-corrected chi connectivity index (χ3v) is 2.91. The van der Waals surface area contributed by atoms with Gasteiger partial charge in [-0.3, -0.25) is 5.32 Å². The fourth-order valence-corrected chi connectivity index (χ4v) is 2.00. The Balaban J connectivity index is 2.42. The minimum absolute atomic E-state index is 0.114. The number of hydrogen-bond acceptors (Lipinski definition) is 3. The van der Waals surface area contributed by atoms with Crippen LogP contribution in [0, 0.1) is 0 Å². The first kappa shape index (κ1) is 11.4. The van der Waals surface area contributed by atoms with Crippen molar-refractivity contribution in [1.29, 1.82) is 0 Å². The van der Waals surface area contributed by atoms with Crippen LogP contribution in [0.1, 0.15) is 5.56 Å². The van der Waals surface area contributed by atoms with Gasteiger partial charge in [0, 0.05) is 11.6 Å². The largest absolute Gasteiger partial charge is 0.480 e. The lowest BCUT2D eigenvalue weighted by molar-refractivity contribution is -0.151. The molecule has 86 valence electrons. The van der Waals surface area contributed by atoms with Gasteiger partial charge in [0.2, 0.25) is 0 Å². The van der Waals surface area contributed by atoms with Crippen LogP contribution in [0.4, 0.5) is 0 Å². The lowest BCUT2D eigenvalue weighted by Crippen LogP contribution is -2.56. The van der Waals surface area contributed by atoms with Crippen molar-refractivity contribution in [3.8, 4) is 0 Å². The fraction of sp³-hybridized carbons (Fsp3) is 0.364. The highest BCUT2D eigenvalue weighted by atomic mass is 35.5. The molecule has 1 aromatic rings. The Morgan fingerprint density at radius 3 is 2.94 bits per heavy atom. The molecule has 0 bridgehead atoms. The monoisotopic (exact) mass is 241 g/mol. The van der Waals surface area contributed by atoms with Crippen molar-refractivity contribution in [2.45, 2.75) is 5.54 Å². The number of rotatable bonds is 2. The molecule has 2 N–H and O–H groups in total. The first-order valence-electron chi connectivity index (χ1n) is 4.97. The van der Waals surface area contributed by atoms with E-state index in [1.54, 1.807) is 24.3 Å². The van der Waals surface area contributed by atoms with Crippen molar-refractivity contribution in [3.05, 3.63) is 34.9 Å². The van der Waals surface area contributed by atoms with Gasteiger partial charge >= 0.3 is 5.97 Å². The van der Waals surface area contributed by atoms with Crippen molar-refractivity contribution in [2.24, 2.45) is 0 Å². The van der Waals surface area contributed by atoms with Gasteiger partial charge < -0.3 is 9.84 Å². The van der Waals surface area contributed by atoms with E-state index in [2.05, 4.69) is 5.32 Å². The van der Waals surface area contributed by atoms with E-state index >= 15 is 0 Å². The lowest BCUT2D eigenvalue weighted by atomic mass is 9.90. The van der Waals surface area contributed by atoms with Crippen LogP contribution in [0.2, 0.25) is 5.02 Å². The maximum Gasteiger partial charge on any atom is 0.331 e. The van der Waals surface area contributed by atoms with Crippen LogP contribution in [0.5, 0.6) is 0 Å². The van der Waals surface area contributed by atoms with E-state index in [0.29, 0.717) is 23.7 Å². The van der Waals surface area contributed by atoms with Crippen molar-refractivity contribution < 1.29 is 14.6 Å². The summed E-state index contributed by atoms with van der Waals surface area (Å²) < 4.78 is 5.25. The third kappa shape index (κ3) is 1.91. The summed E-state index contributed by atoms with van der Waals surface area (Å²) >= 11 is 5.87. The van der Waals surface area contributed by atoms with Crippen LogP contribution in [0.3, 0.4) is 0 Å². The van der Waals surface area contributed by atoms with Crippen LogP contribution < -0.4 is 5.32 Å². The fourth-order valence-electron chi connectivity index (χ4n) is 1.81. The predicted octanol–water partition coefficient (Wildman–Crippen LogP) is 1.24. The number of morpholine rings is 1. The molecule has 2 rings (SSSR count). The summed E-state index contributed by atoms with van der Waals surface area (Å²) in [6, 6.07) is 6.84. The number of carboxylic acids is 1. The lowest BCUT2D eigenvalue weighted by Gasteiger charge is -2.34. The van der Waals surface area contributed by atoms with E-state index < -0.39 is 11.5 Å². The van der Waals surface area contributed by atoms with Gasteiger partial charge in [-0.2, -0.15) is 0 Å². The Kier molecular flexibility index (Phi) is 3.14. The molecule has 5 heteroatoms. The highest BCUT2D eigenvalue weighted by Gasteiger charge is 2.42. The average molecular weight is 242 g/mol. The van der Waals surface area contributed by atoms with Crippen LogP contribution >= 0.6 is 11.6 Å². The second-order valence-electron chi connectivity index (χ2n) is 3.70. The Labute approximate surface area is 98.2 Å². The smallest absolute Gasteiger partial charge is 0.331 e. The second-order valence-corrected chi connectivity index (χ2v) is 4.14. The van der Waals surface area contributed by atoms with Gasteiger partial charge in [0.05, 0.1) is 13.2 Å². The van der Waals surface area contributed by atoms with Crippen LogP contribution in [0.25, 0.3) is 0 Å². The van der Waals surface area contributed by atoms with Gasteiger partial charge in [0.15, 0.2) is 5.54 Å². The summed E-state index contributed by atoms with van der Waals surface area (Å²) in [6.45, 7) is 1.15. The van der Waals surface area contributed by atoms with E-state index in [-0.39, 0.29) is 6.61 Å². The molecule has 16 heavy (non-hydrogen) atoms. The molecule has 0 radical (unpaired) electrons. The number of halogens is 1. The molecule has 1 fully saturated rings. The molecule has 1 aliphatic heterocycles. The van der Waals surface area contributed by atoms with Crippen LogP contribution in [-0.4, -0.2) is 30.8 Å². The minimum Gasteiger partial charge on any atom is -0.480 e. The molecular weight excluding hydrogens is 230 g/mol. The average Bonchev–Trinajstić information content (AvgIpc) is 2.30. The number of benzene rings is 1. The zero-order valence-corrected chi connectivity index (χ0v) is 9.33. The summed E-state index contributed by atoms with van der Waals surface area (Å²) in [5.41, 5.74) is -0.560. The molecule has 1 aliphatic rings. The highest BCUT2D eigenvalue weighted by molar-refractivity contribution is 6.30. The molecule has 1 unspecified atom stereocenters. The zero-order chi connectivity index (χ0) is 11.6. The normalized spacial score (nSPS) is 25.3. The maximum absolute atomic E-state index is 11.4. The van der Waals surface area contributed by atoms with Gasteiger partial charge in [-0.15, -0.1) is 0 Å².